The average Bonchev–Trinajstić information content (AvgIpc) is 3.19. The van der Waals surface area contributed by atoms with Crippen LogP contribution in [0.25, 0.3) is 11.3 Å². The van der Waals surface area contributed by atoms with Crippen LogP contribution in [0, 0.1) is 0 Å². The maximum Gasteiger partial charge on any atom is 0.277 e. The van der Waals surface area contributed by atoms with Crippen molar-refractivity contribution in [3.63, 3.8) is 0 Å². The molecule has 2 aromatic carbocycles. The van der Waals surface area contributed by atoms with Crippen molar-refractivity contribution in [2.45, 2.75) is 19.8 Å². The molecule has 1 amide bonds. The molecular weight excluding hydrogens is 380 g/mol. The standard InChI is InChI=1S/C21H21ClN2O4/c1-3-4-11-27-16-8-5-14(6-9-16)20-13-18(24-28-20)21(25)23-17-12-15(22)7-10-19(17)26-2/h5-10,12-13H,3-4,11H2,1-2H3,(H,23,25). The summed E-state index contributed by atoms with van der Waals surface area (Å²) in [5.74, 6) is 1.36. The van der Waals surface area contributed by atoms with Crippen molar-refractivity contribution in [3.8, 4) is 22.8 Å². The first kappa shape index (κ1) is 19.8. The number of rotatable bonds is 8. The number of aromatic nitrogens is 1. The second-order valence-corrected chi connectivity index (χ2v) is 6.54. The Morgan fingerprint density at radius 3 is 2.68 bits per heavy atom. The summed E-state index contributed by atoms with van der Waals surface area (Å²) in [6.45, 7) is 2.81. The van der Waals surface area contributed by atoms with Crippen molar-refractivity contribution in [1.29, 1.82) is 0 Å². The third kappa shape index (κ3) is 4.84. The number of unbranched alkanes of at least 4 members (excludes halogenated alkanes) is 1. The number of ether oxygens (including phenoxy) is 2. The van der Waals surface area contributed by atoms with E-state index in [1.807, 2.05) is 24.3 Å². The first-order valence-corrected chi connectivity index (χ1v) is 9.33. The number of anilines is 1. The fourth-order valence-corrected chi connectivity index (χ4v) is 2.70. The molecule has 1 heterocycles. The summed E-state index contributed by atoms with van der Waals surface area (Å²) < 4.78 is 16.2. The lowest BCUT2D eigenvalue weighted by molar-refractivity contribution is 0.101. The van der Waals surface area contributed by atoms with Crippen LogP contribution in [0.15, 0.2) is 53.1 Å². The van der Waals surface area contributed by atoms with Crippen molar-refractivity contribution in [2.24, 2.45) is 0 Å². The number of methoxy groups -OCH3 is 1. The van der Waals surface area contributed by atoms with Crippen LogP contribution in [0.2, 0.25) is 5.02 Å². The Morgan fingerprint density at radius 1 is 1.18 bits per heavy atom. The number of nitrogens with one attached hydrogen (secondary N) is 1. The Labute approximate surface area is 168 Å². The van der Waals surface area contributed by atoms with E-state index < -0.39 is 5.91 Å². The van der Waals surface area contributed by atoms with E-state index in [0.717, 1.165) is 24.2 Å². The highest BCUT2D eigenvalue weighted by molar-refractivity contribution is 6.31. The van der Waals surface area contributed by atoms with Crippen molar-refractivity contribution >= 4 is 23.2 Å². The predicted molar refractivity (Wildman–Crippen MR) is 108 cm³/mol. The van der Waals surface area contributed by atoms with E-state index in [0.29, 0.717) is 28.8 Å². The number of nitrogens with zero attached hydrogens (tertiary/aromatic N) is 1. The van der Waals surface area contributed by atoms with Gasteiger partial charge in [0.15, 0.2) is 11.5 Å². The average molecular weight is 401 g/mol. The van der Waals surface area contributed by atoms with Gasteiger partial charge in [0.2, 0.25) is 0 Å². The number of carbonyl (C=O) groups excluding carboxylic acids is 1. The molecule has 0 radical (unpaired) electrons. The van der Waals surface area contributed by atoms with Crippen LogP contribution in [0.1, 0.15) is 30.3 Å². The van der Waals surface area contributed by atoms with Gasteiger partial charge < -0.3 is 19.3 Å². The van der Waals surface area contributed by atoms with E-state index in [2.05, 4.69) is 17.4 Å². The molecule has 146 valence electrons. The topological polar surface area (TPSA) is 73.6 Å². The zero-order valence-electron chi connectivity index (χ0n) is 15.7. The first-order valence-electron chi connectivity index (χ1n) is 8.95. The molecule has 0 fully saturated rings. The molecule has 1 N–H and O–H groups in total. The van der Waals surface area contributed by atoms with Crippen LogP contribution < -0.4 is 14.8 Å². The lowest BCUT2D eigenvalue weighted by atomic mass is 10.1. The fourth-order valence-electron chi connectivity index (χ4n) is 2.53. The highest BCUT2D eigenvalue weighted by Crippen LogP contribution is 2.29. The molecule has 0 atom stereocenters. The van der Waals surface area contributed by atoms with Gasteiger partial charge in [0, 0.05) is 16.7 Å². The summed E-state index contributed by atoms with van der Waals surface area (Å²) in [7, 11) is 1.52. The van der Waals surface area contributed by atoms with E-state index in [-0.39, 0.29) is 5.69 Å². The minimum absolute atomic E-state index is 0.153. The summed E-state index contributed by atoms with van der Waals surface area (Å²) in [5.41, 5.74) is 1.41. The first-order chi connectivity index (χ1) is 13.6. The molecule has 1 aromatic heterocycles. The zero-order chi connectivity index (χ0) is 19.9. The van der Waals surface area contributed by atoms with E-state index >= 15 is 0 Å². The van der Waals surface area contributed by atoms with Crippen LogP contribution in [-0.2, 0) is 0 Å². The smallest absolute Gasteiger partial charge is 0.277 e. The van der Waals surface area contributed by atoms with Crippen LogP contribution in [0.5, 0.6) is 11.5 Å². The fraction of sp³-hybridized carbons (Fsp3) is 0.238. The second-order valence-electron chi connectivity index (χ2n) is 6.10. The lowest BCUT2D eigenvalue weighted by Crippen LogP contribution is -2.12. The van der Waals surface area contributed by atoms with Gasteiger partial charge in [-0.15, -0.1) is 0 Å². The zero-order valence-corrected chi connectivity index (χ0v) is 16.5. The maximum absolute atomic E-state index is 12.5. The normalized spacial score (nSPS) is 10.5. The summed E-state index contributed by atoms with van der Waals surface area (Å²) >= 11 is 5.99. The van der Waals surface area contributed by atoms with Crippen LogP contribution >= 0.6 is 11.6 Å². The summed E-state index contributed by atoms with van der Waals surface area (Å²) in [5, 5.41) is 7.07. The Hall–Kier alpha value is -2.99. The largest absolute Gasteiger partial charge is 0.495 e. The molecule has 3 aromatic rings. The van der Waals surface area contributed by atoms with Gasteiger partial charge in [0.25, 0.3) is 5.91 Å². The molecule has 0 saturated carbocycles. The van der Waals surface area contributed by atoms with Gasteiger partial charge in [0.05, 0.1) is 19.4 Å². The molecule has 6 nitrogen and oxygen atoms in total. The Kier molecular flexibility index (Phi) is 6.55. The third-order valence-corrected chi connectivity index (χ3v) is 4.29. The lowest BCUT2D eigenvalue weighted by Gasteiger charge is -2.09. The molecule has 0 saturated heterocycles. The summed E-state index contributed by atoms with van der Waals surface area (Å²) in [6.07, 6.45) is 2.10. The van der Waals surface area contributed by atoms with Crippen molar-refractivity contribution in [2.75, 3.05) is 19.0 Å². The van der Waals surface area contributed by atoms with Crippen molar-refractivity contribution in [1.82, 2.24) is 5.16 Å². The van der Waals surface area contributed by atoms with Gasteiger partial charge in [-0.3, -0.25) is 4.79 Å². The number of hydrogen-bond donors (Lipinski definition) is 1. The van der Waals surface area contributed by atoms with Crippen molar-refractivity contribution in [3.05, 3.63) is 59.2 Å². The van der Waals surface area contributed by atoms with Gasteiger partial charge in [-0.2, -0.15) is 0 Å². The minimum atomic E-state index is -0.421. The third-order valence-electron chi connectivity index (χ3n) is 4.06. The van der Waals surface area contributed by atoms with Crippen LogP contribution in [0.3, 0.4) is 0 Å². The van der Waals surface area contributed by atoms with E-state index in [1.165, 1.54) is 7.11 Å². The van der Waals surface area contributed by atoms with E-state index in [9.17, 15) is 4.79 Å². The number of benzene rings is 2. The Bertz CT molecular complexity index is 938. The van der Waals surface area contributed by atoms with Crippen LogP contribution in [-0.4, -0.2) is 24.8 Å². The maximum atomic E-state index is 12.5. The summed E-state index contributed by atoms with van der Waals surface area (Å²) in [4.78, 5) is 12.5. The molecule has 0 aliphatic carbocycles. The number of carbonyl (C=O) groups is 1. The molecule has 0 unspecified atom stereocenters. The SMILES string of the molecule is CCCCOc1ccc(-c2cc(C(=O)Nc3cc(Cl)ccc3OC)no2)cc1. The van der Waals surface area contributed by atoms with Crippen molar-refractivity contribution < 1.29 is 18.8 Å². The molecule has 28 heavy (non-hydrogen) atoms. The molecule has 3 rings (SSSR count). The number of hydrogen-bond acceptors (Lipinski definition) is 5. The molecule has 7 heteroatoms. The Morgan fingerprint density at radius 2 is 1.96 bits per heavy atom. The minimum Gasteiger partial charge on any atom is -0.495 e. The molecule has 0 spiro atoms. The number of halogens is 1. The predicted octanol–water partition coefficient (Wildman–Crippen LogP) is 5.43. The molecule has 0 aliphatic heterocycles. The van der Waals surface area contributed by atoms with Crippen LogP contribution in [0.4, 0.5) is 5.69 Å². The van der Waals surface area contributed by atoms with E-state index in [4.69, 9.17) is 25.6 Å². The van der Waals surface area contributed by atoms with Gasteiger partial charge in [-0.25, -0.2) is 0 Å². The van der Waals surface area contributed by atoms with Gasteiger partial charge in [0.1, 0.15) is 11.5 Å². The van der Waals surface area contributed by atoms with Gasteiger partial charge in [-0.05, 0) is 48.9 Å². The van der Waals surface area contributed by atoms with E-state index in [1.54, 1.807) is 24.3 Å². The number of amides is 1. The monoisotopic (exact) mass is 400 g/mol. The Balaban J connectivity index is 1.70. The molecule has 0 aliphatic rings. The van der Waals surface area contributed by atoms with Gasteiger partial charge >= 0.3 is 0 Å². The highest BCUT2D eigenvalue weighted by atomic mass is 35.5. The molecule has 0 bridgehead atoms. The highest BCUT2D eigenvalue weighted by Gasteiger charge is 2.16. The van der Waals surface area contributed by atoms with Gasteiger partial charge in [-0.1, -0.05) is 30.1 Å². The molecular formula is C21H21ClN2O4. The quantitative estimate of drug-likeness (QED) is 0.510. The summed E-state index contributed by atoms with van der Waals surface area (Å²) in [6, 6.07) is 14.0. The second kappa shape index (κ2) is 9.28.